The fourth-order valence-corrected chi connectivity index (χ4v) is 2.91. The van der Waals surface area contributed by atoms with Gasteiger partial charge in [-0.1, -0.05) is 66.2 Å². The molecule has 0 N–H and O–H groups in total. The zero-order valence-electron chi connectivity index (χ0n) is 14.2. The van der Waals surface area contributed by atoms with E-state index in [1.807, 2.05) is 73.6 Å². The summed E-state index contributed by atoms with van der Waals surface area (Å²) in [5.74, 6) is -0.464. The van der Waals surface area contributed by atoms with E-state index in [2.05, 4.69) is 4.98 Å². The minimum atomic E-state index is -0.464. The molecular weight excluding hydrogens is 336 g/mol. The number of carbonyl (C=O) groups excluding carboxylic acids is 1. The highest BCUT2D eigenvalue weighted by molar-refractivity contribution is 6.35. The molecular formula is C20H19ClN2O2. The zero-order chi connectivity index (χ0) is 17.8. The average molecular weight is 355 g/mol. The summed E-state index contributed by atoms with van der Waals surface area (Å²) in [4.78, 5) is 19.0. The maximum Gasteiger partial charge on any atom is 0.357 e. The predicted octanol–water partition coefficient (Wildman–Crippen LogP) is 4.27. The number of ether oxygens (including phenoxy) is 1. The zero-order valence-corrected chi connectivity index (χ0v) is 15.0. The molecule has 0 aliphatic heterocycles. The summed E-state index contributed by atoms with van der Waals surface area (Å²) in [5.41, 5.74) is 1.89. The number of benzene rings is 2. The van der Waals surface area contributed by atoms with Crippen LogP contribution < -0.4 is 0 Å². The quantitative estimate of drug-likeness (QED) is 0.507. The van der Waals surface area contributed by atoms with Crippen molar-refractivity contribution >= 4 is 28.3 Å². The molecule has 0 bridgehead atoms. The van der Waals surface area contributed by atoms with Gasteiger partial charge in [0.2, 0.25) is 0 Å². The van der Waals surface area contributed by atoms with Gasteiger partial charge in [-0.05, 0) is 25.0 Å². The summed E-state index contributed by atoms with van der Waals surface area (Å²) in [6, 6.07) is 17.4. The lowest BCUT2D eigenvalue weighted by Gasteiger charge is -2.14. The highest BCUT2D eigenvalue weighted by Crippen LogP contribution is 2.34. The van der Waals surface area contributed by atoms with Crippen LogP contribution in [0.4, 0.5) is 0 Å². The van der Waals surface area contributed by atoms with Gasteiger partial charge in [-0.15, -0.1) is 0 Å². The van der Waals surface area contributed by atoms with Gasteiger partial charge >= 0.3 is 5.97 Å². The van der Waals surface area contributed by atoms with E-state index in [1.54, 1.807) is 0 Å². The van der Waals surface area contributed by atoms with Crippen LogP contribution in [-0.4, -0.2) is 43.1 Å². The molecule has 1 heterocycles. The molecule has 25 heavy (non-hydrogen) atoms. The van der Waals surface area contributed by atoms with Gasteiger partial charge in [0.15, 0.2) is 5.69 Å². The van der Waals surface area contributed by atoms with Gasteiger partial charge in [0.1, 0.15) is 11.8 Å². The van der Waals surface area contributed by atoms with Crippen LogP contribution in [0.1, 0.15) is 10.5 Å². The van der Waals surface area contributed by atoms with Crippen molar-refractivity contribution in [2.75, 3.05) is 27.2 Å². The Morgan fingerprint density at radius 1 is 1.04 bits per heavy atom. The smallest absolute Gasteiger partial charge is 0.357 e. The first kappa shape index (κ1) is 17.4. The summed E-state index contributed by atoms with van der Waals surface area (Å²) in [7, 11) is 3.85. The second kappa shape index (κ2) is 7.64. The van der Waals surface area contributed by atoms with Gasteiger partial charge in [-0.25, -0.2) is 9.78 Å². The number of hydrogen-bond acceptors (Lipinski definition) is 4. The van der Waals surface area contributed by atoms with E-state index in [-0.39, 0.29) is 5.69 Å². The standard InChI is InChI=1S/C20H19ClN2O2/c1-23(2)12-13-25-20(24)18-17(14-8-4-3-5-9-14)15-10-6-7-11-16(15)19(21)22-18/h3-11H,12-13H2,1-2H3. The molecule has 0 radical (unpaired) electrons. The van der Waals surface area contributed by atoms with Gasteiger partial charge in [-0.3, -0.25) is 0 Å². The van der Waals surface area contributed by atoms with Crippen molar-refractivity contribution in [2.45, 2.75) is 0 Å². The highest BCUT2D eigenvalue weighted by atomic mass is 35.5. The molecule has 0 atom stereocenters. The first-order chi connectivity index (χ1) is 12.1. The Bertz CT molecular complexity index is 895. The summed E-state index contributed by atoms with van der Waals surface area (Å²) in [6.07, 6.45) is 0. The van der Waals surface area contributed by atoms with E-state index in [0.717, 1.165) is 21.9 Å². The fraction of sp³-hybridized carbons (Fsp3) is 0.200. The van der Waals surface area contributed by atoms with E-state index in [9.17, 15) is 4.79 Å². The third kappa shape index (κ3) is 3.81. The van der Waals surface area contributed by atoms with Gasteiger partial charge in [0.25, 0.3) is 0 Å². The van der Waals surface area contributed by atoms with Crippen molar-refractivity contribution < 1.29 is 9.53 Å². The summed E-state index contributed by atoms with van der Waals surface area (Å²) < 4.78 is 5.40. The number of esters is 1. The number of halogens is 1. The predicted molar refractivity (Wildman–Crippen MR) is 101 cm³/mol. The first-order valence-corrected chi connectivity index (χ1v) is 8.41. The van der Waals surface area contributed by atoms with Crippen LogP contribution in [-0.2, 0) is 4.74 Å². The Kier molecular flexibility index (Phi) is 5.31. The van der Waals surface area contributed by atoms with E-state index in [0.29, 0.717) is 18.3 Å². The maximum absolute atomic E-state index is 12.7. The lowest BCUT2D eigenvalue weighted by molar-refractivity contribution is 0.0476. The maximum atomic E-state index is 12.7. The molecule has 0 aliphatic carbocycles. The van der Waals surface area contributed by atoms with Crippen molar-refractivity contribution in [1.29, 1.82) is 0 Å². The first-order valence-electron chi connectivity index (χ1n) is 8.03. The van der Waals surface area contributed by atoms with E-state index in [4.69, 9.17) is 16.3 Å². The van der Waals surface area contributed by atoms with Crippen LogP contribution >= 0.6 is 11.6 Å². The van der Waals surface area contributed by atoms with Crippen molar-refractivity contribution in [1.82, 2.24) is 9.88 Å². The third-order valence-corrected chi connectivity index (χ3v) is 4.18. The van der Waals surface area contributed by atoms with Gasteiger partial charge in [0, 0.05) is 17.5 Å². The lowest BCUT2D eigenvalue weighted by Crippen LogP contribution is -2.21. The van der Waals surface area contributed by atoms with Crippen LogP contribution in [0, 0.1) is 0 Å². The van der Waals surface area contributed by atoms with Gasteiger partial charge < -0.3 is 9.64 Å². The Balaban J connectivity index is 2.12. The number of hydrogen-bond donors (Lipinski definition) is 0. The number of pyridine rings is 1. The molecule has 3 rings (SSSR count). The fourth-order valence-electron chi connectivity index (χ4n) is 2.66. The summed E-state index contributed by atoms with van der Waals surface area (Å²) in [6.45, 7) is 0.944. The Hall–Kier alpha value is -2.43. The molecule has 0 amide bonds. The molecule has 128 valence electrons. The molecule has 0 unspecified atom stereocenters. The Morgan fingerprint density at radius 3 is 2.36 bits per heavy atom. The molecule has 5 heteroatoms. The van der Waals surface area contributed by atoms with Crippen LogP contribution in [0.15, 0.2) is 54.6 Å². The number of likely N-dealkylation sites (N-methyl/N-ethyl adjacent to an activating group) is 1. The van der Waals surface area contributed by atoms with Crippen molar-refractivity contribution in [3.63, 3.8) is 0 Å². The second-order valence-corrected chi connectivity index (χ2v) is 6.34. The second-order valence-electron chi connectivity index (χ2n) is 5.98. The van der Waals surface area contributed by atoms with Crippen LogP contribution in [0.25, 0.3) is 21.9 Å². The molecule has 0 saturated carbocycles. The lowest BCUT2D eigenvalue weighted by atomic mass is 9.97. The summed E-state index contributed by atoms with van der Waals surface area (Å²) >= 11 is 6.32. The molecule has 4 nitrogen and oxygen atoms in total. The Labute approximate surface area is 152 Å². The largest absolute Gasteiger partial charge is 0.460 e. The number of nitrogens with zero attached hydrogens (tertiary/aromatic N) is 2. The minimum absolute atomic E-state index is 0.244. The number of rotatable bonds is 5. The van der Waals surface area contributed by atoms with Crippen molar-refractivity contribution in [3.8, 4) is 11.1 Å². The Morgan fingerprint density at radius 2 is 1.68 bits per heavy atom. The molecule has 0 spiro atoms. The van der Waals surface area contributed by atoms with Gasteiger partial charge in [0.05, 0.1) is 0 Å². The number of aromatic nitrogens is 1. The third-order valence-electron chi connectivity index (χ3n) is 3.89. The molecule has 1 aromatic heterocycles. The number of carbonyl (C=O) groups is 1. The SMILES string of the molecule is CN(C)CCOC(=O)c1nc(Cl)c2ccccc2c1-c1ccccc1. The normalized spacial score (nSPS) is 11.0. The van der Waals surface area contributed by atoms with Gasteiger partial charge in [-0.2, -0.15) is 0 Å². The van der Waals surface area contributed by atoms with Crippen LogP contribution in [0.2, 0.25) is 5.15 Å². The van der Waals surface area contributed by atoms with E-state index in [1.165, 1.54) is 0 Å². The summed E-state index contributed by atoms with van der Waals surface area (Å²) in [5, 5.41) is 2.00. The molecule has 0 aliphatic rings. The average Bonchev–Trinajstić information content (AvgIpc) is 2.62. The molecule has 0 saturated heterocycles. The molecule has 2 aromatic carbocycles. The van der Waals surface area contributed by atoms with E-state index < -0.39 is 5.97 Å². The topological polar surface area (TPSA) is 42.4 Å². The number of fused-ring (bicyclic) bond motifs is 1. The van der Waals surface area contributed by atoms with Crippen molar-refractivity contribution in [2.24, 2.45) is 0 Å². The van der Waals surface area contributed by atoms with Crippen molar-refractivity contribution in [3.05, 3.63) is 65.4 Å². The van der Waals surface area contributed by atoms with Crippen LogP contribution in [0.5, 0.6) is 0 Å². The molecule has 3 aromatic rings. The molecule has 0 fully saturated rings. The highest BCUT2D eigenvalue weighted by Gasteiger charge is 2.21. The van der Waals surface area contributed by atoms with E-state index >= 15 is 0 Å². The van der Waals surface area contributed by atoms with Crippen LogP contribution in [0.3, 0.4) is 0 Å². The minimum Gasteiger partial charge on any atom is -0.460 e. The monoisotopic (exact) mass is 354 g/mol.